The second-order valence-electron chi connectivity index (χ2n) is 4.82. The summed E-state index contributed by atoms with van der Waals surface area (Å²) in [7, 11) is 0. The standard InChI is InChI=1S/C15H17BrN2O/c1-9(2)13-7-12(16)5-6-14(13)19-15-8-17-10(3)11(4)18-15/h5-9H,1-4H3. The van der Waals surface area contributed by atoms with Crippen LogP contribution < -0.4 is 4.74 Å². The zero-order chi connectivity index (χ0) is 14.0. The second-order valence-corrected chi connectivity index (χ2v) is 5.73. The fourth-order valence-electron chi connectivity index (χ4n) is 1.75. The molecule has 0 saturated carbocycles. The molecule has 0 spiro atoms. The highest BCUT2D eigenvalue weighted by Crippen LogP contribution is 2.32. The van der Waals surface area contributed by atoms with Crippen molar-refractivity contribution in [1.29, 1.82) is 0 Å². The third-order valence-corrected chi connectivity index (χ3v) is 3.47. The van der Waals surface area contributed by atoms with E-state index in [1.54, 1.807) is 6.20 Å². The van der Waals surface area contributed by atoms with Gasteiger partial charge in [-0.25, -0.2) is 4.98 Å². The molecule has 0 aliphatic rings. The number of nitrogens with zero attached hydrogens (tertiary/aromatic N) is 2. The first-order valence-corrected chi connectivity index (χ1v) is 7.04. The molecule has 0 unspecified atom stereocenters. The molecule has 0 atom stereocenters. The van der Waals surface area contributed by atoms with Crippen molar-refractivity contribution in [1.82, 2.24) is 9.97 Å². The molecule has 3 nitrogen and oxygen atoms in total. The Balaban J connectivity index is 2.35. The molecule has 0 N–H and O–H groups in total. The molecule has 0 saturated heterocycles. The van der Waals surface area contributed by atoms with Crippen molar-refractivity contribution < 1.29 is 4.74 Å². The Morgan fingerprint density at radius 2 is 1.89 bits per heavy atom. The average molecular weight is 321 g/mol. The van der Waals surface area contributed by atoms with Crippen molar-refractivity contribution in [2.24, 2.45) is 0 Å². The van der Waals surface area contributed by atoms with E-state index in [4.69, 9.17) is 4.74 Å². The molecule has 1 heterocycles. The SMILES string of the molecule is Cc1ncc(Oc2ccc(Br)cc2C(C)C)nc1C. The van der Waals surface area contributed by atoms with E-state index in [0.717, 1.165) is 27.2 Å². The smallest absolute Gasteiger partial charge is 0.238 e. The van der Waals surface area contributed by atoms with Gasteiger partial charge < -0.3 is 4.74 Å². The molecular formula is C15H17BrN2O. The summed E-state index contributed by atoms with van der Waals surface area (Å²) in [4.78, 5) is 8.66. The lowest BCUT2D eigenvalue weighted by atomic mass is 10.0. The number of hydrogen-bond donors (Lipinski definition) is 0. The third kappa shape index (κ3) is 3.32. The van der Waals surface area contributed by atoms with E-state index in [-0.39, 0.29) is 0 Å². The summed E-state index contributed by atoms with van der Waals surface area (Å²) >= 11 is 3.49. The van der Waals surface area contributed by atoms with E-state index >= 15 is 0 Å². The lowest BCUT2D eigenvalue weighted by Crippen LogP contribution is -1.98. The van der Waals surface area contributed by atoms with Gasteiger partial charge in [-0.05, 0) is 43.5 Å². The van der Waals surface area contributed by atoms with Crippen molar-refractivity contribution in [3.05, 3.63) is 45.8 Å². The first-order chi connectivity index (χ1) is 8.97. The predicted molar refractivity (Wildman–Crippen MR) is 79.8 cm³/mol. The van der Waals surface area contributed by atoms with Crippen LogP contribution in [0.25, 0.3) is 0 Å². The van der Waals surface area contributed by atoms with Crippen molar-refractivity contribution >= 4 is 15.9 Å². The van der Waals surface area contributed by atoms with Crippen LogP contribution in [0.3, 0.4) is 0 Å². The van der Waals surface area contributed by atoms with Gasteiger partial charge in [0.25, 0.3) is 0 Å². The van der Waals surface area contributed by atoms with Crippen LogP contribution in [0.5, 0.6) is 11.6 Å². The summed E-state index contributed by atoms with van der Waals surface area (Å²) in [5.74, 6) is 1.75. The molecule has 2 rings (SSSR count). The quantitative estimate of drug-likeness (QED) is 0.816. The first kappa shape index (κ1) is 14.0. The van der Waals surface area contributed by atoms with Crippen LogP contribution >= 0.6 is 15.9 Å². The lowest BCUT2D eigenvalue weighted by molar-refractivity contribution is 0.449. The van der Waals surface area contributed by atoms with Gasteiger partial charge >= 0.3 is 0 Å². The van der Waals surface area contributed by atoms with E-state index in [2.05, 4.69) is 45.8 Å². The maximum Gasteiger partial charge on any atom is 0.238 e. The largest absolute Gasteiger partial charge is 0.437 e. The minimum absolute atomic E-state index is 0.381. The zero-order valence-electron chi connectivity index (χ0n) is 11.6. The molecule has 0 radical (unpaired) electrons. The third-order valence-electron chi connectivity index (χ3n) is 2.98. The Kier molecular flexibility index (Phi) is 4.20. The first-order valence-electron chi connectivity index (χ1n) is 6.25. The molecule has 0 aliphatic carbocycles. The van der Waals surface area contributed by atoms with Crippen LogP contribution in [0.4, 0.5) is 0 Å². The lowest BCUT2D eigenvalue weighted by Gasteiger charge is -2.14. The highest BCUT2D eigenvalue weighted by Gasteiger charge is 2.10. The zero-order valence-corrected chi connectivity index (χ0v) is 13.2. The Hall–Kier alpha value is -1.42. The Morgan fingerprint density at radius 1 is 1.16 bits per heavy atom. The van der Waals surface area contributed by atoms with Gasteiger partial charge in [-0.2, -0.15) is 0 Å². The van der Waals surface area contributed by atoms with Crippen LogP contribution in [0, 0.1) is 13.8 Å². The molecule has 19 heavy (non-hydrogen) atoms. The van der Waals surface area contributed by atoms with Gasteiger partial charge in [-0.15, -0.1) is 0 Å². The summed E-state index contributed by atoms with van der Waals surface area (Å²) in [6, 6.07) is 6.00. The normalized spacial score (nSPS) is 10.8. The monoisotopic (exact) mass is 320 g/mol. The minimum Gasteiger partial charge on any atom is -0.437 e. The molecule has 0 bridgehead atoms. The van der Waals surface area contributed by atoms with Gasteiger partial charge in [0.2, 0.25) is 5.88 Å². The summed E-state index contributed by atoms with van der Waals surface area (Å²) < 4.78 is 6.92. The van der Waals surface area contributed by atoms with E-state index in [1.807, 2.05) is 26.0 Å². The highest BCUT2D eigenvalue weighted by molar-refractivity contribution is 9.10. The molecule has 4 heteroatoms. The number of ether oxygens (including phenoxy) is 1. The molecule has 100 valence electrons. The fourth-order valence-corrected chi connectivity index (χ4v) is 2.12. The topological polar surface area (TPSA) is 35.0 Å². The van der Waals surface area contributed by atoms with Crippen molar-refractivity contribution in [2.75, 3.05) is 0 Å². The van der Waals surface area contributed by atoms with Crippen LogP contribution in [-0.2, 0) is 0 Å². The molecular weight excluding hydrogens is 304 g/mol. The van der Waals surface area contributed by atoms with Crippen LogP contribution in [0.2, 0.25) is 0 Å². The molecule has 2 aromatic rings. The number of benzene rings is 1. The summed E-state index contributed by atoms with van der Waals surface area (Å²) in [6.45, 7) is 8.15. The maximum absolute atomic E-state index is 5.87. The maximum atomic E-state index is 5.87. The van der Waals surface area contributed by atoms with E-state index in [0.29, 0.717) is 11.8 Å². The Labute approximate surface area is 122 Å². The Morgan fingerprint density at radius 3 is 2.53 bits per heavy atom. The fraction of sp³-hybridized carbons (Fsp3) is 0.333. The van der Waals surface area contributed by atoms with E-state index in [1.165, 1.54) is 0 Å². The molecule has 0 aliphatic heterocycles. The summed E-state index contributed by atoms with van der Waals surface area (Å²) in [6.07, 6.45) is 1.66. The molecule has 1 aromatic carbocycles. The summed E-state index contributed by atoms with van der Waals surface area (Å²) in [5, 5.41) is 0. The van der Waals surface area contributed by atoms with Gasteiger partial charge in [0.1, 0.15) is 5.75 Å². The molecule has 0 amide bonds. The van der Waals surface area contributed by atoms with Gasteiger partial charge in [-0.1, -0.05) is 29.8 Å². The van der Waals surface area contributed by atoms with Crippen LogP contribution in [0.15, 0.2) is 28.9 Å². The van der Waals surface area contributed by atoms with E-state index in [9.17, 15) is 0 Å². The van der Waals surface area contributed by atoms with Gasteiger partial charge in [0.05, 0.1) is 17.6 Å². The average Bonchev–Trinajstić information content (AvgIpc) is 2.36. The van der Waals surface area contributed by atoms with Crippen LogP contribution in [0.1, 0.15) is 36.7 Å². The predicted octanol–water partition coefficient (Wildman–Crippen LogP) is 4.77. The number of halogens is 1. The van der Waals surface area contributed by atoms with Crippen molar-refractivity contribution in [3.63, 3.8) is 0 Å². The highest BCUT2D eigenvalue weighted by atomic mass is 79.9. The number of aromatic nitrogens is 2. The van der Waals surface area contributed by atoms with Crippen molar-refractivity contribution in [2.45, 2.75) is 33.6 Å². The van der Waals surface area contributed by atoms with Crippen molar-refractivity contribution in [3.8, 4) is 11.6 Å². The van der Waals surface area contributed by atoms with Gasteiger partial charge in [0.15, 0.2) is 0 Å². The van der Waals surface area contributed by atoms with Gasteiger partial charge in [-0.3, -0.25) is 4.98 Å². The number of rotatable bonds is 3. The number of hydrogen-bond acceptors (Lipinski definition) is 3. The second kappa shape index (κ2) is 5.70. The Bertz CT molecular complexity index is 597. The van der Waals surface area contributed by atoms with E-state index < -0.39 is 0 Å². The summed E-state index contributed by atoms with van der Waals surface area (Å²) in [5.41, 5.74) is 2.96. The molecule has 0 fully saturated rings. The number of aryl methyl sites for hydroxylation is 2. The molecule has 1 aromatic heterocycles. The minimum atomic E-state index is 0.381. The van der Waals surface area contributed by atoms with Crippen LogP contribution in [-0.4, -0.2) is 9.97 Å². The van der Waals surface area contributed by atoms with Gasteiger partial charge in [0, 0.05) is 4.47 Å².